The van der Waals surface area contributed by atoms with Crippen LogP contribution in [0.15, 0.2) is 0 Å². The SMILES string of the molecule is CC(=O)N(O)CCCC[C@H](NC(=O)CC(O)(CC(=O)[O-])C(=O)[O-])C(=O)[O-]. The molecule has 0 aromatic carbocycles. The average Bonchev–Trinajstić information content (AvgIpc) is 2.48. The number of aliphatic hydroxyl groups is 1. The van der Waals surface area contributed by atoms with E-state index in [0.29, 0.717) is 5.06 Å². The van der Waals surface area contributed by atoms with Gasteiger partial charge in [0.2, 0.25) is 11.8 Å². The number of amides is 2. The molecule has 2 amide bonds. The Hall–Kier alpha value is -2.73. The van der Waals surface area contributed by atoms with Crippen molar-refractivity contribution in [1.29, 1.82) is 0 Å². The first-order chi connectivity index (χ1) is 11.9. The number of carbonyl (C=O) groups is 5. The number of carbonyl (C=O) groups excluding carboxylic acids is 5. The third-order valence-corrected chi connectivity index (χ3v) is 3.37. The third kappa shape index (κ3) is 8.39. The Balaban J connectivity index is 4.67. The van der Waals surface area contributed by atoms with Gasteiger partial charge in [0.25, 0.3) is 0 Å². The van der Waals surface area contributed by atoms with E-state index < -0.39 is 54.2 Å². The van der Waals surface area contributed by atoms with E-state index in [1.54, 1.807) is 0 Å². The Morgan fingerprint density at radius 1 is 1.08 bits per heavy atom. The van der Waals surface area contributed by atoms with E-state index in [1.165, 1.54) is 0 Å². The molecule has 148 valence electrons. The number of carboxylic acids is 3. The molecule has 0 aliphatic rings. The van der Waals surface area contributed by atoms with E-state index >= 15 is 0 Å². The zero-order valence-electron chi connectivity index (χ0n) is 13.9. The van der Waals surface area contributed by atoms with Gasteiger partial charge in [-0.15, -0.1) is 0 Å². The minimum Gasteiger partial charge on any atom is -0.550 e. The summed E-state index contributed by atoms with van der Waals surface area (Å²) in [6.45, 7) is 1.05. The summed E-state index contributed by atoms with van der Waals surface area (Å²) >= 11 is 0. The molecule has 0 rings (SSSR count). The van der Waals surface area contributed by atoms with Gasteiger partial charge >= 0.3 is 0 Å². The predicted molar refractivity (Wildman–Crippen MR) is 74.2 cm³/mol. The number of aliphatic carboxylic acids is 3. The summed E-state index contributed by atoms with van der Waals surface area (Å²) in [7, 11) is 0. The van der Waals surface area contributed by atoms with Crippen LogP contribution in [-0.4, -0.2) is 63.3 Å². The predicted octanol–water partition coefficient (Wildman–Crippen LogP) is -5.36. The number of carboxylic acid groups (broad SMARTS) is 3. The fourth-order valence-corrected chi connectivity index (χ4v) is 1.97. The summed E-state index contributed by atoms with van der Waals surface area (Å²) in [6, 6.07) is -1.55. The van der Waals surface area contributed by atoms with Crippen LogP contribution in [0.4, 0.5) is 0 Å². The standard InChI is InChI=1S/C14H22N2O10/c1-8(17)16(26)5-3-2-4-9(12(21)22)15-10(18)6-14(25,13(23)24)7-11(19)20/h9,25-26H,2-7H2,1H3,(H,15,18)(H,19,20)(H,21,22)(H,23,24)/p-3/t9-,14?/m0/s1. The summed E-state index contributed by atoms with van der Waals surface area (Å²) < 4.78 is 0. The topological polar surface area (TPSA) is 210 Å². The number of hydroxylamine groups is 2. The highest BCUT2D eigenvalue weighted by molar-refractivity contribution is 5.90. The van der Waals surface area contributed by atoms with Crippen molar-refractivity contribution < 1.29 is 49.6 Å². The summed E-state index contributed by atoms with van der Waals surface area (Å²) in [5.41, 5.74) is -3.06. The zero-order chi connectivity index (χ0) is 20.5. The van der Waals surface area contributed by atoms with Crippen molar-refractivity contribution >= 4 is 29.7 Å². The van der Waals surface area contributed by atoms with E-state index in [-0.39, 0.29) is 25.8 Å². The first kappa shape index (κ1) is 23.3. The quantitative estimate of drug-likeness (QED) is 0.167. The molecule has 0 bridgehead atoms. The van der Waals surface area contributed by atoms with Crippen LogP contribution in [-0.2, 0) is 24.0 Å². The Kier molecular flexibility index (Phi) is 9.22. The van der Waals surface area contributed by atoms with E-state index in [9.17, 15) is 44.4 Å². The Labute approximate surface area is 148 Å². The van der Waals surface area contributed by atoms with E-state index in [1.807, 2.05) is 5.32 Å². The van der Waals surface area contributed by atoms with Gasteiger partial charge in [-0.3, -0.25) is 14.8 Å². The Morgan fingerprint density at radius 3 is 2.08 bits per heavy atom. The number of hydrogen-bond acceptors (Lipinski definition) is 10. The molecular weight excluding hydrogens is 356 g/mol. The first-order valence-corrected chi connectivity index (χ1v) is 7.50. The van der Waals surface area contributed by atoms with Crippen LogP contribution in [0.25, 0.3) is 0 Å². The van der Waals surface area contributed by atoms with Crippen molar-refractivity contribution in [2.75, 3.05) is 6.54 Å². The molecule has 0 saturated carbocycles. The molecule has 0 saturated heterocycles. The number of rotatable bonds is 12. The van der Waals surface area contributed by atoms with Crippen LogP contribution in [0.1, 0.15) is 39.0 Å². The lowest BCUT2D eigenvalue weighted by Gasteiger charge is -2.30. The molecule has 2 atom stereocenters. The maximum atomic E-state index is 11.7. The second-order valence-electron chi connectivity index (χ2n) is 5.62. The van der Waals surface area contributed by atoms with Gasteiger partial charge in [-0.1, -0.05) is 0 Å². The highest BCUT2D eigenvalue weighted by atomic mass is 16.5. The second kappa shape index (κ2) is 10.3. The molecule has 0 aliphatic heterocycles. The van der Waals surface area contributed by atoms with Crippen molar-refractivity contribution in [3.63, 3.8) is 0 Å². The summed E-state index contributed by atoms with van der Waals surface area (Å²) in [6.07, 6.45) is -2.52. The van der Waals surface area contributed by atoms with Gasteiger partial charge in [-0.05, 0) is 19.3 Å². The molecule has 0 heterocycles. The van der Waals surface area contributed by atoms with Crippen LogP contribution in [0, 0.1) is 0 Å². The lowest BCUT2D eigenvalue weighted by atomic mass is 9.95. The number of hydrogen-bond donors (Lipinski definition) is 3. The van der Waals surface area contributed by atoms with E-state index in [4.69, 9.17) is 5.21 Å². The minimum atomic E-state index is -3.06. The van der Waals surface area contributed by atoms with Crippen molar-refractivity contribution in [3.05, 3.63) is 0 Å². The summed E-state index contributed by atoms with van der Waals surface area (Å²) in [5, 5.41) is 53.4. The van der Waals surface area contributed by atoms with Crippen LogP contribution < -0.4 is 20.6 Å². The summed E-state index contributed by atoms with van der Waals surface area (Å²) in [4.78, 5) is 54.8. The minimum absolute atomic E-state index is 0.0703. The van der Waals surface area contributed by atoms with Gasteiger partial charge in [0.1, 0.15) is 5.60 Å². The number of nitrogens with zero attached hydrogens (tertiary/aromatic N) is 1. The maximum absolute atomic E-state index is 11.7. The van der Waals surface area contributed by atoms with Crippen molar-refractivity contribution in [1.82, 2.24) is 10.4 Å². The van der Waals surface area contributed by atoms with Crippen molar-refractivity contribution in [2.24, 2.45) is 0 Å². The third-order valence-electron chi connectivity index (χ3n) is 3.37. The lowest BCUT2D eigenvalue weighted by Crippen LogP contribution is -2.55. The van der Waals surface area contributed by atoms with Crippen molar-refractivity contribution in [2.45, 2.75) is 50.7 Å². The molecule has 0 aliphatic carbocycles. The van der Waals surface area contributed by atoms with Gasteiger partial charge in [-0.25, -0.2) is 5.06 Å². The highest BCUT2D eigenvalue weighted by Crippen LogP contribution is 2.15. The van der Waals surface area contributed by atoms with Gasteiger partial charge in [0.05, 0.1) is 24.4 Å². The van der Waals surface area contributed by atoms with Gasteiger partial charge in [-0.2, -0.15) is 0 Å². The fraction of sp³-hybridized carbons (Fsp3) is 0.643. The van der Waals surface area contributed by atoms with E-state index in [2.05, 4.69) is 0 Å². The Morgan fingerprint density at radius 2 is 1.65 bits per heavy atom. The first-order valence-electron chi connectivity index (χ1n) is 7.50. The molecule has 0 fully saturated rings. The molecule has 26 heavy (non-hydrogen) atoms. The van der Waals surface area contributed by atoms with Gasteiger partial charge in [0, 0.05) is 25.9 Å². The van der Waals surface area contributed by atoms with Crippen LogP contribution in [0.3, 0.4) is 0 Å². The molecule has 0 spiro atoms. The molecule has 0 aromatic rings. The zero-order valence-corrected chi connectivity index (χ0v) is 13.9. The van der Waals surface area contributed by atoms with Crippen LogP contribution >= 0.6 is 0 Å². The monoisotopic (exact) mass is 375 g/mol. The highest BCUT2D eigenvalue weighted by Gasteiger charge is 2.32. The van der Waals surface area contributed by atoms with Crippen molar-refractivity contribution in [3.8, 4) is 0 Å². The average molecular weight is 375 g/mol. The molecule has 0 radical (unpaired) electrons. The van der Waals surface area contributed by atoms with Gasteiger partial charge < -0.3 is 40.1 Å². The van der Waals surface area contributed by atoms with Crippen LogP contribution in [0.2, 0.25) is 0 Å². The maximum Gasteiger partial charge on any atom is 0.242 e. The molecule has 12 heteroatoms. The normalized spacial score (nSPS) is 14.0. The van der Waals surface area contributed by atoms with Gasteiger partial charge in [0.15, 0.2) is 0 Å². The van der Waals surface area contributed by atoms with E-state index in [0.717, 1.165) is 6.92 Å². The lowest BCUT2D eigenvalue weighted by molar-refractivity contribution is -0.333. The molecule has 3 N–H and O–H groups in total. The van der Waals surface area contributed by atoms with Crippen LogP contribution in [0.5, 0.6) is 0 Å². The largest absolute Gasteiger partial charge is 0.550 e. The summed E-state index contributed by atoms with van der Waals surface area (Å²) in [5.74, 6) is -7.72. The number of unbranched alkanes of at least 4 members (excludes halogenated alkanes) is 1. The molecule has 1 unspecified atom stereocenters. The molecule has 0 aromatic heterocycles. The molecular formula is C14H19N2O10-3. The molecule has 12 nitrogen and oxygen atoms in total. The smallest absolute Gasteiger partial charge is 0.242 e. The second-order valence-corrected chi connectivity index (χ2v) is 5.62. The fourth-order valence-electron chi connectivity index (χ4n) is 1.97. The number of nitrogens with one attached hydrogen (secondary N) is 1. The Bertz CT molecular complexity index is 564.